The number of fused-ring (bicyclic) bond motifs is 1. The van der Waals surface area contributed by atoms with Crippen LogP contribution in [0.4, 0.5) is 4.39 Å². The van der Waals surface area contributed by atoms with E-state index in [1.807, 2.05) is 13.2 Å². The van der Waals surface area contributed by atoms with Crippen molar-refractivity contribution >= 4 is 10.9 Å². The van der Waals surface area contributed by atoms with Gasteiger partial charge in [0.1, 0.15) is 5.69 Å². The third-order valence-electron chi connectivity index (χ3n) is 3.75. The minimum absolute atomic E-state index is 0.488. The molecule has 0 radical (unpaired) electrons. The van der Waals surface area contributed by atoms with Crippen molar-refractivity contribution in [2.45, 2.75) is 18.8 Å². The quantitative estimate of drug-likeness (QED) is 0.671. The van der Waals surface area contributed by atoms with E-state index in [0.29, 0.717) is 5.92 Å². The summed E-state index contributed by atoms with van der Waals surface area (Å²) in [6, 6.07) is 5.29. The van der Waals surface area contributed by atoms with Crippen LogP contribution in [0.2, 0.25) is 0 Å². The summed E-state index contributed by atoms with van der Waals surface area (Å²) >= 11 is 0. The first-order valence-electron chi connectivity index (χ1n) is 6.67. The zero-order valence-electron chi connectivity index (χ0n) is 11.0. The Balaban J connectivity index is 1.96. The first kappa shape index (κ1) is 11.5. The molecule has 1 aliphatic rings. The summed E-state index contributed by atoms with van der Waals surface area (Å²) < 4.78 is 15.1. The van der Waals surface area contributed by atoms with Gasteiger partial charge in [-0.05, 0) is 25.0 Å². The molecule has 0 spiro atoms. The molecule has 0 aromatic carbocycles. The number of hydrogen-bond acceptors (Lipinski definition) is 3. The number of aromatic nitrogens is 4. The molecule has 5 heteroatoms. The van der Waals surface area contributed by atoms with Gasteiger partial charge in [-0.15, -0.1) is 0 Å². The van der Waals surface area contributed by atoms with Crippen LogP contribution in [-0.2, 0) is 7.05 Å². The number of pyridine rings is 2. The van der Waals surface area contributed by atoms with Gasteiger partial charge in [0.25, 0.3) is 0 Å². The number of nitrogens with zero attached hydrogens (tertiary/aromatic N) is 4. The second-order valence-electron chi connectivity index (χ2n) is 5.24. The number of rotatable bonds is 2. The molecule has 0 N–H and O–H groups in total. The molecule has 3 heterocycles. The maximum Gasteiger partial charge on any atom is 0.213 e. The van der Waals surface area contributed by atoms with Gasteiger partial charge in [0, 0.05) is 41.9 Å². The van der Waals surface area contributed by atoms with E-state index in [1.165, 1.54) is 25.1 Å². The molecule has 4 rings (SSSR count). The normalized spacial score (nSPS) is 14.9. The molecule has 4 nitrogen and oxygen atoms in total. The second kappa shape index (κ2) is 4.10. The second-order valence-corrected chi connectivity index (χ2v) is 5.24. The molecule has 100 valence electrons. The lowest BCUT2D eigenvalue weighted by Gasteiger charge is -2.00. The maximum atomic E-state index is 13.3. The van der Waals surface area contributed by atoms with Crippen LogP contribution in [0.15, 0.2) is 30.6 Å². The lowest BCUT2D eigenvalue weighted by atomic mass is 10.1. The SMILES string of the molecule is Cn1nc(-c2ccnc(F)c2)c2cc(C3CC3)ncc21. The van der Waals surface area contributed by atoms with Crippen molar-refractivity contribution in [2.75, 3.05) is 0 Å². The van der Waals surface area contributed by atoms with Gasteiger partial charge in [0.05, 0.1) is 11.7 Å². The predicted molar refractivity (Wildman–Crippen MR) is 73.7 cm³/mol. The largest absolute Gasteiger partial charge is 0.266 e. The van der Waals surface area contributed by atoms with Crippen LogP contribution in [0.5, 0.6) is 0 Å². The minimum Gasteiger partial charge on any atom is -0.266 e. The van der Waals surface area contributed by atoms with Crippen molar-refractivity contribution in [2.24, 2.45) is 7.05 Å². The minimum atomic E-state index is -0.488. The molecular weight excluding hydrogens is 255 g/mol. The lowest BCUT2D eigenvalue weighted by molar-refractivity contribution is 0.584. The van der Waals surface area contributed by atoms with E-state index >= 15 is 0 Å². The van der Waals surface area contributed by atoms with Gasteiger partial charge in [-0.2, -0.15) is 9.49 Å². The Kier molecular flexibility index (Phi) is 2.36. The summed E-state index contributed by atoms with van der Waals surface area (Å²) in [5, 5.41) is 5.53. The van der Waals surface area contributed by atoms with Crippen LogP contribution in [0.25, 0.3) is 22.2 Å². The van der Waals surface area contributed by atoms with E-state index in [9.17, 15) is 4.39 Å². The Morgan fingerprint density at radius 1 is 1.25 bits per heavy atom. The fourth-order valence-corrected chi connectivity index (χ4v) is 2.53. The topological polar surface area (TPSA) is 43.6 Å². The summed E-state index contributed by atoms with van der Waals surface area (Å²) in [4.78, 5) is 8.10. The summed E-state index contributed by atoms with van der Waals surface area (Å²) in [5.41, 5.74) is 3.60. The van der Waals surface area contributed by atoms with E-state index in [1.54, 1.807) is 10.7 Å². The summed E-state index contributed by atoms with van der Waals surface area (Å²) in [6.45, 7) is 0. The number of hydrogen-bond donors (Lipinski definition) is 0. The predicted octanol–water partition coefficient (Wildman–Crippen LogP) is 3.05. The highest BCUT2D eigenvalue weighted by molar-refractivity contribution is 5.93. The molecule has 3 aromatic rings. The van der Waals surface area contributed by atoms with Gasteiger partial charge >= 0.3 is 0 Å². The average Bonchev–Trinajstić information content (AvgIpc) is 3.24. The van der Waals surface area contributed by atoms with Crippen molar-refractivity contribution in [3.63, 3.8) is 0 Å². The van der Waals surface area contributed by atoms with E-state index < -0.39 is 5.95 Å². The Hall–Kier alpha value is -2.30. The number of aryl methyl sites for hydroxylation is 1. The average molecular weight is 268 g/mol. The molecular formula is C15H13FN4. The third-order valence-corrected chi connectivity index (χ3v) is 3.75. The zero-order valence-corrected chi connectivity index (χ0v) is 11.0. The first-order valence-corrected chi connectivity index (χ1v) is 6.67. The molecule has 1 saturated carbocycles. The highest BCUT2D eigenvalue weighted by Gasteiger charge is 2.26. The highest BCUT2D eigenvalue weighted by Crippen LogP contribution is 2.40. The van der Waals surface area contributed by atoms with Gasteiger partial charge in [0.15, 0.2) is 0 Å². The van der Waals surface area contributed by atoms with Crippen molar-refractivity contribution in [1.82, 2.24) is 19.7 Å². The summed E-state index contributed by atoms with van der Waals surface area (Å²) in [6.07, 6.45) is 5.74. The summed E-state index contributed by atoms with van der Waals surface area (Å²) in [5.74, 6) is 0.0967. The third kappa shape index (κ3) is 1.78. The van der Waals surface area contributed by atoms with Crippen molar-refractivity contribution < 1.29 is 4.39 Å². The van der Waals surface area contributed by atoms with E-state index in [-0.39, 0.29) is 0 Å². The molecule has 1 fully saturated rings. The van der Waals surface area contributed by atoms with Crippen molar-refractivity contribution in [3.8, 4) is 11.3 Å². The van der Waals surface area contributed by atoms with Crippen LogP contribution >= 0.6 is 0 Å². The smallest absolute Gasteiger partial charge is 0.213 e. The monoisotopic (exact) mass is 268 g/mol. The standard InChI is InChI=1S/C15H13FN4/c1-20-13-8-18-12(9-2-3-9)7-11(13)15(19-20)10-4-5-17-14(16)6-10/h4-9H,2-3H2,1H3. The molecule has 0 unspecified atom stereocenters. The van der Waals surface area contributed by atoms with Crippen molar-refractivity contribution in [1.29, 1.82) is 0 Å². The van der Waals surface area contributed by atoms with Crippen LogP contribution in [0, 0.1) is 5.95 Å². The Morgan fingerprint density at radius 2 is 2.10 bits per heavy atom. The van der Waals surface area contributed by atoms with Crippen LogP contribution in [0.3, 0.4) is 0 Å². The lowest BCUT2D eigenvalue weighted by Crippen LogP contribution is -1.91. The molecule has 1 aliphatic carbocycles. The maximum absolute atomic E-state index is 13.3. The van der Waals surface area contributed by atoms with Gasteiger partial charge in [-0.25, -0.2) is 4.98 Å². The Morgan fingerprint density at radius 3 is 2.85 bits per heavy atom. The van der Waals surface area contributed by atoms with Crippen LogP contribution < -0.4 is 0 Å². The van der Waals surface area contributed by atoms with Gasteiger partial charge in [-0.3, -0.25) is 9.67 Å². The van der Waals surface area contributed by atoms with E-state index in [0.717, 1.165) is 27.9 Å². The Bertz CT molecular complexity index is 805. The molecule has 0 aliphatic heterocycles. The fraction of sp³-hybridized carbons (Fsp3) is 0.267. The molecule has 0 bridgehead atoms. The zero-order chi connectivity index (χ0) is 13.7. The number of halogens is 1. The molecule has 20 heavy (non-hydrogen) atoms. The summed E-state index contributed by atoms with van der Waals surface area (Å²) in [7, 11) is 1.88. The molecule has 0 atom stereocenters. The first-order chi connectivity index (χ1) is 9.72. The molecule has 3 aromatic heterocycles. The fourth-order valence-electron chi connectivity index (χ4n) is 2.53. The molecule has 0 saturated heterocycles. The van der Waals surface area contributed by atoms with Gasteiger partial charge in [0.2, 0.25) is 5.95 Å². The van der Waals surface area contributed by atoms with E-state index in [2.05, 4.69) is 21.1 Å². The van der Waals surface area contributed by atoms with Crippen molar-refractivity contribution in [3.05, 3.63) is 42.2 Å². The van der Waals surface area contributed by atoms with Crippen LogP contribution in [-0.4, -0.2) is 19.7 Å². The van der Waals surface area contributed by atoms with E-state index in [4.69, 9.17) is 0 Å². The highest BCUT2D eigenvalue weighted by atomic mass is 19.1. The van der Waals surface area contributed by atoms with Gasteiger partial charge < -0.3 is 0 Å². The van der Waals surface area contributed by atoms with Crippen LogP contribution in [0.1, 0.15) is 24.5 Å². The Labute approximate surface area is 115 Å². The van der Waals surface area contributed by atoms with Gasteiger partial charge in [-0.1, -0.05) is 0 Å². The molecule has 0 amide bonds.